The molecule has 0 spiro atoms. The van der Waals surface area contributed by atoms with Crippen LogP contribution < -0.4 is 5.32 Å². The van der Waals surface area contributed by atoms with Crippen molar-refractivity contribution in [1.82, 2.24) is 0 Å². The van der Waals surface area contributed by atoms with Crippen LogP contribution in [0, 0.1) is 3.57 Å². The summed E-state index contributed by atoms with van der Waals surface area (Å²) >= 11 is 8.56. The van der Waals surface area contributed by atoms with Crippen molar-refractivity contribution in [3.05, 3.63) is 61.7 Å². The highest BCUT2D eigenvalue weighted by Gasteiger charge is 2.14. The second-order valence-corrected chi connectivity index (χ2v) is 7.02. The van der Waals surface area contributed by atoms with Crippen molar-refractivity contribution in [2.75, 3.05) is 5.32 Å². The number of aryl methyl sites for hydroxylation is 2. The molecule has 104 valence electrons. The molecule has 0 fully saturated rings. The fraction of sp³-hybridized carbons (Fsp3) is 0.294. The molecule has 1 nitrogen and oxygen atoms in total. The molecule has 0 heterocycles. The Bertz CT molecular complexity index is 639. The van der Waals surface area contributed by atoms with Crippen molar-refractivity contribution >= 4 is 39.9 Å². The first kappa shape index (κ1) is 14.2. The second-order valence-electron chi connectivity index (χ2n) is 5.37. The van der Waals surface area contributed by atoms with Crippen LogP contribution in [-0.4, -0.2) is 0 Å². The Morgan fingerprint density at radius 1 is 1.10 bits per heavy atom. The summed E-state index contributed by atoms with van der Waals surface area (Å²) < 4.78 is 1.16. The van der Waals surface area contributed by atoms with Gasteiger partial charge in [-0.1, -0.05) is 29.8 Å². The molecule has 0 saturated carbocycles. The zero-order chi connectivity index (χ0) is 14.1. The van der Waals surface area contributed by atoms with Gasteiger partial charge in [0.15, 0.2) is 0 Å². The Labute approximate surface area is 138 Å². The van der Waals surface area contributed by atoms with Gasteiger partial charge in [-0.15, -0.1) is 0 Å². The first-order valence-corrected chi connectivity index (χ1v) is 8.42. The van der Waals surface area contributed by atoms with Gasteiger partial charge in [0.05, 0.1) is 10.7 Å². The maximum Gasteiger partial charge on any atom is 0.0648 e. The van der Waals surface area contributed by atoms with Crippen LogP contribution in [0.2, 0.25) is 5.02 Å². The molecule has 3 rings (SSSR count). The van der Waals surface area contributed by atoms with Crippen LogP contribution in [0.3, 0.4) is 0 Å². The van der Waals surface area contributed by atoms with E-state index < -0.39 is 0 Å². The van der Waals surface area contributed by atoms with Gasteiger partial charge in [-0.05, 0) is 83.7 Å². The van der Waals surface area contributed by atoms with E-state index in [9.17, 15) is 0 Å². The van der Waals surface area contributed by atoms with Gasteiger partial charge in [0.2, 0.25) is 0 Å². The minimum absolute atomic E-state index is 0.262. The third kappa shape index (κ3) is 2.96. The molecule has 1 aliphatic carbocycles. The number of hydrogen-bond acceptors (Lipinski definition) is 1. The largest absolute Gasteiger partial charge is 0.377 e. The molecule has 2 aromatic carbocycles. The monoisotopic (exact) mass is 397 g/mol. The second kappa shape index (κ2) is 5.94. The van der Waals surface area contributed by atoms with E-state index in [0.717, 1.165) is 14.3 Å². The minimum Gasteiger partial charge on any atom is -0.377 e. The molecule has 1 unspecified atom stereocenters. The molecule has 0 radical (unpaired) electrons. The lowest BCUT2D eigenvalue weighted by molar-refractivity contribution is 0.879. The van der Waals surface area contributed by atoms with Crippen LogP contribution in [0.25, 0.3) is 0 Å². The van der Waals surface area contributed by atoms with Crippen LogP contribution in [0.4, 0.5) is 5.69 Å². The Hall–Kier alpha value is -0.740. The molecular weight excluding hydrogens is 381 g/mol. The summed E-state index contributed by atoms with van der Waals surface area (Å²) in [5.74, 6) is 0. The van der Waals surface area contributed by atoms with Gasteiger partial charge < -0.3 is 5.32 Å². The number of rotatable bonds is 3. The standard InChI is InChI=1S/C17H17ClIN/c1-11(20-17-8-7-15(19)10-16(17)18)13-6-5-12-3-2-4-14(12)9-13/h5-11,20H,2-4H2,1H3. The molecule has 1 N–H and O–H groups in total. The van der Waals surface area contributed by atoms with Crippen molar-refractivity contribution in [2.45, 2.75) is 32.2 Å². The van der Waals surface area contributed by atoms with Crippen LogP contribution in [0.15, 0.2) is 36.4 Å². The fourth-order valence-electron chi connectivity index (χ4n) is 2.78. The summed E-state index contributed by atoms with van der Waals surface area (Å²) in [6, 6.07) is 13.2. The molecule has 0 bridgehead atoms. The van der Waals surface area contributed by atoms with Crippen LogP contribution in [-0.2, 0) is 12.8 Å². The van der Waals surface area contributed by atoms with Gasteiger partial charge in [-0.25, -0.2) is 0 Å². The van der Waals surface area contributed by atoms with Crippen LogP contribution >= 0.6 is 34.2 Å². The molecule has 1 atom stereocenters. The molecule has 20 heavy (non-hydrogen) atoms. The predicted octanol–water partition coefficient (Wildman–Crippen LogP) is 5.61. The molecule has 0 saturated heterocycles. The van der Waals surface area contributed by atoms with E-state index in [2.05, 4.69) is 59.1 Å². The number of halogens is 2. The number of anilines is 1. The van der Waals surface area contributed by atoms with Crippen molar-refractivity contribution in [2.24, 2.45) is 0 Å². The van der Waals surface area contributed by atoms with Gasteiger partial charge >= 0.3 is 0 Å². The first-order chi connectivity index (χ1) is 9.63. The topological polar surface area (TPSA) is 12.0 Å². The van der Waals surface area contributed by atoms with Crippen molar-refractivity contribution < 1.29 is 0 Å². The number of benzene rings is 2. The average Bonchev–Trinajstić information content (AvgIpc) is 2.89. The molecule has 0 aromatic heterocycles. The van der Waals surface area contributed by atoms with E-state index in [0.29, 0.717) is 0 Å². The van der Waals surface area contributed by atoms with E-state index in [-0.39, 0.29) is 6.04 Å². The number of hydrogen-bond donors (Lipinski definition) is 1. The van der Waals surface area contributed by atoms with E-state index in [4.69, 9.17) is 11.6 Å². The van der Waals surface area contributed by atoms with E-state index in [1.807, 2.05) is 12.1 Å². The fourth-order valence-corrected chi connectivity index (χ4v) is 3.69. The Morgan fingerprint density at radius 2 is 1.90 bits per heavy atom. The molecule has 0 amide bonds. The molecule has 3 heteroatoms. The SMILES string of the molecule is CC(Nc1ccc(I)cc1Cl)c1ccc2c(c1)CCC2. The zero-order valence-corrected chi connectivity index (χ0v) is 14.3. The predicted molar refractivity (Wildman–Crippen MR) is 94.7 cm³/mol. The third-order valence-electron chi connectivity index (χ3n) is 3.93. The van der Waals surface area contributed by atoms with E-state index in [1.165, 1.54) is 36.0 Å². The van der Waals surface area contributed by atoms with Gasteiger partial charge in [-0.3, -0.25) is 0 Å². The highest BCUT2D eigenvalue weighted by atomic mass is 127. The van der Waals surface area contributed by atoms with Crippen LogP contribution in [0.1, 0.15) is 36.1 Å². The van der Waals surface area contributed by atoms with Gasteiger partial charge in [0.1, 0.15) is 0 Å². The third-order valence-corrected chi connectivity index (χ3v) is 4.91. The highest BCUT2D eigenvalue weighted by molar-refractivity contribution is 14.1. The summed E-state index contributed by atoms with van der Waals surface area (Å²) in [6.07, 6.45) is 3.75. The summed E-state index contributed by atoms with van der Waals surface area (Å²) in [4.78, 5) is 0. The van der Waals surface area contributed by atoms with Gasteiger partial charge in [0, 0.05) is 9.61 Å². The first-order valence-electron chi connectivity index (χ1n) is 6.97. The summed E-state index contributed by atoms with van der Waals surface area (Å²) in [5.41, 5.74) is 5.37. The molecule has 1 aliphatic rings. The Kier molecular flexibility index (Phi) is 4.22. The smallest absolute Gasteiger partial charge is 0.0648 e. The van der Waals surface area contributed by atoms with Gasteiger partial charge in [0.25, 0.3) is 0 Å². The average molecular weight is 398 g/mol. The summed E-state index contributed by atoms with van der Waals surface area (Å²) in [6.45, 7) is 2.19. The molecular formula is C17H17ClIN. The lowest BCUT2D eigenvalue weighted by Crippen LogP contribution is -2.07. The molecule has 2 aromatic rings. The maximum absolute atomic E-state index is 6.29. The maximum atomic E-state index is 6.29. The lowest BCUT2D eigenvalue weighted by atomic mass is 10.0. The summed E-state index contributed by atoms with van der Waals surface area (Å²) in [7, 11) is 0. The normalized spacial score (nSPS) is 14.9. The quantitative estimate of drug-likeness (QED) is 0.664. The van der Waals surface area contributed by atoms with E-state index >= 15 is 0 Å². The zero-order valence-electron chi connectivity index (χ0n) is 11.4. The minimum atomic E-state index is 0.262. The number of nitrogens with one attached hydrogen (secondary N) is 1. The van der Waals surface area contributed by atoms with Crippen LogP contribution in [0.5, 0.6) is 0 Å². The van der Waals surface area contributed by atoms with E-state index in [1.54, 1.807) is 0 Å². The lowest BCUT2D eigenvalue weighted by Gasteiger charge is -2.18. The number of fused-ring (bicyclic) bond motifs is 1. The van der Waals surface area contributed by atoms with Crippen molar-refractivity contribution in [3.8, 4) is 0 Å². The summed E-state index contributed by atoms with van der Waals surface area (Å²) in [5, 5.41) is 4.29. The molecule has 0 aliphatic heterocycles. The highest BCUT2D eigenvalue weighted by Crippen LogP contribution is 2.30. The van der Waals surface area contributed by atoms with Crippen molar-refractivity contribution in [1.29, 1.82) is 0 Å². The Balaban J connectivity index is 1.80. The van der Waals surface area contributed by atoms with Gasteiger partial charge in [-0.2, -0.15) is 0 Å². The van der Waals surface area contributed by atoms with Crippen molar-refractivity contribution in [3.63, 3.8) is 0 Å². The Morgan fingerprint density at radius 3 is 2.70 bits per heavy atom.